The maximum absolute atomic E-state index is 5.48. The topological polar surface area (TPSA) is 142 Å². The zero-order chi connectivity index (χ0) is 72.6. The molecule has 0 fully saturated rings. The Labute approximate surface area is 632 Å². The third kappa shape index (κ3) is 11.3. The number of allylic oxidation sites excluding steroid dienone is 14. The van der Waals surface area contributed by atoms with Gasteiger partial charge in [0.1, 0.15) is 0 Å². The van der Waals surface area contributed by atoms with Gasteiger partial charge in [0, 0.05) is 91.0 Å². The molecule has 0 aliphatic heterocycles. The van der Waals surface area contributed by atoms with Crippen molar-refractivity contribution in [2.45, 2.75) is 0 Å². The molecular formula is C99H61N11. The molecule has 11 nitrogen and oxygen atoms in total. The number of fused-ring (bicyclic) bond motifs is 9. The summed E-state index contributed by atoms with van der Waals surface area (Å²) in [6, 6.07) is 97.9. The number of pyridine rings is 11. The van der Waals surface area contributed by atoms with Crippen LogP contribution in [-0.2, 0) is 0 Å². The lowest BCUT2D eigenvalue weighted by Crippen LogP contribution is -2.30. The molecule has 2 atom stereocenters. The molecule has 22 rings (SSSR count). The third-order valence-corrected chi connectivity index (χ3v) is 21.5. The molecule has 0 spiro atoms. The van der Waals surface area contributed by atoms with Crippen LogP contribution >= 0.6 is 0 Å². The van der Waals surface area contributed by atoms with Crippen LogP contribution in [0.3, 0.4) is 0 Å². The first-order valence-electron chi connectivity index (χ1n) is 36.9. The Balaban J connectivity index is 0.000000141. The summed E-state index contributed by atoms with van der Waals surface area (Å²) in [5.74, 6) is 0.316. The molecule has 0 saturated heterocycles. The van der Waals surface area contributed by atoms with Crippen LogP contribution in [0.25, 0.3) is 178 Å². The highest BCUT2D eigenvalue weighted by atomic mass is 14.8. The van der Waals surface area contributed by atoms with Crippen LogP contribution in [0.5, 0.6) is 0 Å². The van der Waals surface area contributed by atoms with Crippen molar-refractivity contribution in [1.29, 1.82) is 0 Å². The van der Waals surface area contributed by atoms with Crippen LogP contribution in [0, 0.1) is 11.8 Å². The molecule has 18 aromatic rings. The van der Waals surface area contributed by atoms with E-state index in [0.717, 1.165) is 167 Å². The minimum absolute atomic E-state index is 0.157. The average Bonchev–Trinajstić information content (AvgIpc) is 0.730. The van der Waals surface area contributed by atoms with Crippen molar-refractivity contribution in [2.75, 3.05) is 0 Å². The molecule has 0 bridgehead atoms. The summed E-state index contributed by atoms with van der Waals surface area (Å²) in [7, 11) is 0. The first kappa shape index (κ1) is 63.6. The van der Waals surface area contributed by atoms with E-state index in [0.29, 0.717) is 0 Å². The summed E-state index contributed by atoms with van der Waals surface area (Å²) >= 11 is 0. The van der Waals surface area contributed by atoms with Crippen molar-refractivity contribution in [2.24, 2.45) is 11.8 Å². The van der Waals surface area contributed by atoms with Gasteiger partial charge in [-0.3, -0.25) is 19.9 Å². The molecule has 11 aromatic heterocycles. The Kier molecular flexibility index (Phi) is 15.4. The highest BCUT2D eigenvalue weighted by Gasteiger charge is 2.41. The molecule has 4 aliphatic carbocycles. The normalized spacial score (nSPS) is 14.8. The van der Waals surface area contributed by atoms with E-state index in [4.69, 9.17) is 34.9 Å². The molecule has 512 valence electrons. The molecule has 0 radical (unpaired) electrons. The lowest BCUT2D eigenvalue weighted by Gasteiger charge is -2.42. The molecule has 11 heteroatoms. The van der Waals surface area contributed by atoms with Gasteiger partial charge < -0.3 is 0 Å². The summed E-state index contributed by atoms with van der Waals surface area (Å²) in [5.41, 5.74) is 30.9. The fourth-order valence-corrected chi connectivity index (χ4v) is 16.4. The zero-order valence-corrected chi connectivity index (χ0v) is 59.1. The molecule has 4 aliphatic rings. The van der Waals surface area contributed by atoms with E-state index >= 15 is 0 Å². The summed E-state index contributed by atoms with van der Waals surface area (Å²) < 4.78 is 0. The Morgan fingerprint density at radius 2 is 0.682 bits per heavy atom. The summed E-state index contributed by atoms with van der Waals surface area (Å²) in [4.78, 5) is 54.7. The highest BCUT2D eigenvalue weighted by Crippen LogP contribution is 2.54. The second kappa shape index (κ2) is 26.7. The largest absolute Gasteiger partial charge is 0.255 e. The quantitative estimate of drug-likeness (QED) is 0.0954. The number of para-hydroxylation sites is 2. The van der Waals surface area contributed by atoms with E-state index < -0.39 is 0 Å². The number of rotatable bonds is 10. The second-order valence-corrected chi connectivity index (χ2v) is 27.9. The Hall–Kier alpha value is -14.8. The SMILES string of the molecule is C1=CC2=C(c3ccc4ccc5c(-c6ccccc6)c6ccccc6nc5c4n3)C=CC3=CC=C4C(c5cc(-c6ccccn6)nc(-c6ccccn6)c5)=CC=C1C4C32.c1ccc(-c2c3ccccc3nc3c2ccc2ccc(-c4ccc5cc(-c6cc(-c7ccccn7)nc(-c7ccccn7)c6)ccc5n4)nc23)cc1. The zero-order valence-electron chi connectivity index (χ0n) is 59.1. The standard InChI is InChI=1S/C53H33N5.C46H28N6/c1-2-10-32(11-3-1)49-41-12-4-5-13-43(41)58-53-42(49)26-20-35-21-27-44(57-52(35)53)38-23-17-34-18-24-39-37(22-16-33-19-25-40(38)51(34)50(33)39)36-30-47(45-14-6-8-28-54-45)56-48(31-36)46-15-7-9-29-55-46;1-2-10-29(11-3-1)44-34-12-4-5-13-37(34)51-46-35(44)20-16-30-17-22-41(52-45(30)46)40-23-19-32-26-31(18-21-36(32)49-40)33-27-42(38-14-6-8-24-47-38)50-43(28-33)39-15-7-9-25-48-39/h1-31,50-51H;1-28H. The monoisotopic (exact) mass is 1400 g/mol. The van der Waals surface area contributed by atoms with E-state index in [1.54, 1.807) is 12.4 Å². The van der Waals surface area contributed by atoms with Gasteiger partial charge in [0.2, 0.25) is 0 Å². The van der Waals surface area contributed by atoms with Gasteiger partial charge in [-0.2, -0.15) is 0 Å². The third-order valence-electron chi connectivity index (χ3n) is 21.5. The summed E-state index contributed by atoms with van der Waals surface area (Å²) in [6.45, 7) is 0. The minimum Gasteiger partial charge on any atom is -0.255 e. The van der Waals surface area contributed by atoms with Crippen LogP contribution in [0.1, 0.15) is 11.3 Å². The molecule has 0 N–H and O–H groups in total. The highest BCUT2D eigenvalue weighted by molar-refractivity contribution is 6.18. The fourth-order valence-electron chi connectivity index (χ4n) is 16.4. The smallest absolute Gasteiger partial charge is 0.0978 e. The summed E-state index contributed by atoms with van der Waals surface area (Å²) in [5, 5.41) is 7.59. The predicted molar refractivity (Wildman–Crippen MR) is 446 cm³/mol. The fraction of sp³-hybridized carbons (Fsp3) is 0.0202. The number of nitrogens with zero attached hydrogens (tertiary/aromatic N) is 11. The van der Waals surface area contributed by atoms with Gasteiger partial charge in [-0.1, -0.05) is 218 Å². The van der Waals surface area contributed by atoms with E-state index in [1.807, 2.05) is 103 Å². The number of hydrogen-bond donors (Lipinski definition) is 0. The van der Waals surface area contributed by atoms with Crippen molar-refractivity contribution in [3.05, 3.63) is 392 Å². The van der Waals surface area contributed by atoms with Crippen molar-refractivity contribution in [1.82, 2.24) is 54.8 Å². The predicted octanol–water partition coefficient (Wildman–Crippen LogP) is 23.1. The van der Waals surface area contributed by atoms with E-state index in [1.165, 1.54) is 44.6 Å². The Morgan fingerprint density at radius 1 is 0.227 bits per heavy atom. The second-order valence-electron chi connectivity index (χ2n) is 27.9. The first-order valence-corrected chi connectivity index (χ1v) is 36.9. The van der Waals surface area contributed by atoms with Crippen molar-refractivity contribution in [3.8, 4) is 90.3 Å². The van der Waals surface area contributed by atoms with Gasteiger partial charge in [-0.15, -0.1) is 0 Å². The molecule has 110 heavy (non-hydrogen) atoms. The molecular weight excluding hydrogens is 1340 g/mol. The molecule has 0 amide bonds. The summed E-state index contributed by atoms with van der Waals surface area (Å²) in [6.07, 6.45) is 25.6. The Bertz CT molecular complexity index is 6940. The van der Waals surface area contributed by atoms with Crippen LogP contribution in [-0.4, -0.2) is 54.8 Å². The van der Waals surface area contributed by atoms with Gasteiger partial charge in [-0.05, 0) is 171 Å². The maximum atomic E-state index is 5.48. The number of benzene rings is 7. The van der Waals surface area contributed by atoms with Crippen LogP contribution in [0.15, 0.2) is 381 Å². The van der Waals surface area contributed by atoms with E-state index in [2.05, 4.69) is 263 Å². The Morgan fingerprint density at radius 3 is 1.23 bits per heavy atom. The molecule has 11 heterocycles. The van der Waals surface area contributed by atoms with Crippen LogP contribution in [0.4, 0.5) is 0 Å². The molecule has 2 unspecified atom stereocenters. The van der Waals surface area contributed by atoms with Gasteiger partial charge in [-0.25, -0.2) is 34.9 Å². The maximum Gasteiger partial charge on any atom is 0.0978 e. The van der Waals surface area contributed by atoms with E-state index in [-0.39, 0.29) is 11.8 Å². The minimum atomic E-state index is 0.157. The van der Waals surface area contributed by atoms with Crippen LogP contribution < -0.4 is 0 Å². The van der Waals surface area contributed by atoms with Gasteiger partial charge >= 0.3 is 0 Å². The number of aromatic nitrogens is 11. The van der Waals surface area contributed by atoms with Gasteiger partial charge in [0.05, 0.1) is 101 Å². The average molecular weight is 1400 g/mol. The first-order chi connectivity index (χ1) is 54.5. The number of hydrogen-bond acceptors (Lipinski definition) is 11. The van der Waals surface area contributed by atoms with Crippen molar-refractivity contribution < 1.29 is 0 Å². The lowest BCUT2D eigenvalue weighted by molar-refractivity contribution is 0.569. The van der Waals surface area contributed by atoms with Gasteiger partial charge in [0.25, 0.3) is 0 Å². The molecule has 7 aromatic carbocycles. The van der Waals surface area contributed by atoms with Crippen molar-refractivity contribution in [3.63, 3.8) is 0 Å². The van der Waals surface area contributed by atoms with Crippen molar-refractivity contribution >= 4 is 87.5 Å². The van der Waals surface area contributed by atoms with Crippen LogP contribution in [0.2, 0.25) is 0 Å². The molecule has 0 saturated carbocycles. The van der Waals surface area contributed by atoms with E-state index in [9.17, 15) is 0 Å². The van der Waals surface area contributed by atoms with Gasteiger partial charge in [0.15, 0.2) is 0 Å². The lowest BCUT2D eigenvalue weighted by atomic mass is 9.61.